The lowest BCUT2D eigenvalue weighted by Gasteiger charge is -2.21. The Balaban J connectivity index is 2.47. The van der Waals surface area contributed by atoms with E-state index in [-0.39, 0.29) is 6.04 Å². The van der Waals surface area contributed by atoms with Crippen LogP contribution in [-0.4, -0.2) is 13.7 Å². The fraction of sp³-hybridized carbons (Fsp3) is 0.250. The van der Waals surface area contributed by atoms with Crippen molar-refractivity contribution >= 4 is 11.6 Å². The zero-order valence-corrected chi connectivity index (χ0v) is 11.9. The van der Waals surface area contributed by atoms with Gasteiger partial charge in [-0.25, -0.2) is 0 Å². The Morgan fingerprint density at radius 2 is 1.89 bits per heavy atom. The van der Waals surface area contributed by atoms with Gasteiger partial charge in [-0.3, -0.25) is 0 Å². The molecule has 0 bridgehead atoms. The number of ether oxygens (including phenoxy) is 1. The monoisotopic (exact) mass is 275 g/mol. The first-order valence-electron chi connectivity index (χ1n) is 6.38. The van der Waals surface area contributed by atoms with Crippen molar-refractivity contribution in [1.82, 2.24) is 5.32 Å². The van der Waals surface area contributed by atoms with Gasteiger partial charge in [-0.05, 0) is 30.3 Å². The summed E-state index contributed by atoms with van der Waals surface area (Å²) in [5.74, 6) is 0.846. The van der Waals surface area contributed by atoms with Crippen molar-refractivity contribution in [2.24, 2.45) is 0 Å². The molecule has 0 fully saturated rings. The van der Waals surface area contributed by atoms with Gasteiger partial charge >= 0.3 is 0 Å². The topological polar surface area (TPSA) is 21.3 Å². The Kier molecular flexibility index (Phi) is 4.83. The Morgan fingerprint density at radius 3 is 2.53 bits per heavy atom. The second-order valence-corrected chi connectivity index (χ2v) is 4.72. The van der Waals surface area contributed by atoms with Gasteiger partial charge in [-0.2, -0.15) is 0 Å². The van der Waals surface area contributed by atoms with Gasteiger partial charge in [0, 0.05) is 10.6 Å². The summed E-state index contributed by atoms with van der Waals surface area (Å²) in [6.07, 6.45) is 0. The van der Waals surface area contributed by atoms with Crippen LogP contribution in [-0.2, 0) is 0 Å². The number of nitrogens with one attached hydrogen (secondary N) is 1. The quantitative estimate of drug-likeness (QED) is 0.889. The van der Waals surface area contributed by atoms with Gasteiger partial charge in [0.25, 0.3) is 0 Å². The normalized spacial score (nSPS) is 12.2. The van der Waals surface area contributed by atoms with Crippen LogP contribution >= 0.6 is 11.6 Å². The smallest absolute Gasteiger partial charge is 0.124 e. The molecule has 0 aliphatic rings. The summed E-state index contributed by atoms with van der Waals surface area (Å²) >= 11 is 6.12. The zero-order chi connectivity index (χ0) is 13.7. The van der Waals surface area contributed by atoms with Crippen molar-refractivity contribution < 1.29 is 4.74 Å². The molecule has 0 saturated carbocycles. The molecule has 19 heavy (non-hydrogen) atoms. The highest BCUT2D eigenvalue weighted by Gasteiger charge is 2.17. The maximum absolute atomic E-state index is 6.12. The van der Waals surface area contributed by atoms with E-state index in [1.54, 1.807) is 7.11 Å². The minimum Gasteiger partial charge on any atom is -0.496 e. The number of hydrogen-bond donors (Lipinski definition) is 1. The Hall–Kier alpha value is -1.51. The van der Waals surface area contributed by atoms with E-state index in [1.165, 1.54) is 5.56 Å². The minimum absolute atomic E-state index is 0.0832. The van der Waals surface area contributed by atoms with Gasteiger partial charge in [-0.15, -0.1) is 0 Å². The van der Waals surface area contributed by atoms with Crippen LogP contribution in [0.15, 0.2) is 48.5 Å². The van der Waals surface area contributed by atoms with E-state index < -0.39 is 0 Å². The SMILES string of the molecule is CCNC(c1ccccc1)c1cc(Cl)ccc1OC. The van der Waals surface area contributed by atoms with Gasteiger partial charge in [0.15, 0.2) is 0 Å². The number of methoxy groups -OCH3 is 1. The largest absolute Gasteiger partial charge is 0.496 e. The van der Waals surface area contributed by atoms with Crippen LogP contribution < -0.4 is 10.1 Å². The number of benzene rings is 2. The van der Waals surface area contributed by atoms with Crippen molar-refractivity contribution in [2.75, 3.05) is 13.7 Å². The fourth-order valence-electron chi connectivity index (χ4n) is 2.19. The van der Waals surface area contributed by atoms with E-state index >= 15 is 0 Å². The van der Waals surface area contributed by atoms with Crippen molar-refractivity contribution in [2.45, 2.75) is 13.0 Å². The third-order valence-electron chi connectivity index (χ3n) is 3.04. The molecular formula is C16H18ClNO. The summed E-state index contributed by atoms with van der Waals surface area (Å²) in [6.45, 7) is 2.96. The van der Waals surface area contributed by atoms with E-state index in [9.17, 15) is 0 Å². The van der Waals surface area contributed by atoms with Gasteiger partial charge in [0.1, 0.15) is 5.75 Å². The first-order chi connectivity index (χ1) is 9.26. The first-order valence-corrected chi connectivity index (χ1v) is 6.75. The number of halogens is 1. The third kappa shape index (κ3) is 3.28. The molecule has 2 aromatic carbocycles. The Morgan fingerprint density at radius 1 is 1.16 bits per heavy atom. The van der Waals surface area contributed by atoms with Crippen LogP contribution in [0.1, 0.15) is 24.1 Å². The number of hydrogen-bond acceptors (Lipinski definition) is 2. The number of rotatable bonds is 5. The molecule has 3 heteroatoms. The van der Waals surface area contributed by atoms with Gasteiger partial charge in [0.05, 0.1) is 13.2 Å². The lowest BCUT2D eigenvalue weighted by Crippen LogP contribution is -2.22. The highest BCUT2D eigenvalue weighted by atomic mass is 35.5. The van der Waals surface area contributed by atoms with E-state index in [2.05, 4.69) is 24.4 Å². The van der Waals surface area contributed by atoms with Crippen LogP contribution in [0.25, 0.3) is 0 Å². The molecule has 0 aliphatic heterocycles. The maximum Gasteiger partial charge on any atom is 0.124 e. The summed E-state index contributed by atoms with van der Waals surface area (Å²) in [7, 11) is 1.68. The second-order valence-electron chi connectivity index (χ2n) is 4.29. The van der Waals surface area contributed by atoms with Crippen LogP contribution in [0.2, 0.25) is 5.02 Å². The lowest BCUT2D eigenvalue weighted by atomic mass is 9.98. The summed E-state index contributed by atoms with van der Waals surface area (Å²) < 4.78 is 5.45. The van der Waals surface area contributed by atoms with E-state index in [1.807, 2.05) is 36.4 Å². The predicted molar refractivity (Wildman–Crippen MR) is 80.0 cm³/mol. The summed E-state index contributed by atoms with van der Waals surface area (Å²) in [5.41, 5.74) is 2.26. The Bertz CT molecular complexity index is 528. The van der Waals surface area contributed by atoms with Gasteiger partial charge in [0.2, 0.25) is 0 Å². The highest BCUT2D eigenvalue weighted by molar-refractivity contribution is 6.30. The average molecular weight is 276 g/mol. The van der Waals surface area contributed by atoms with Crippen LogP contribution in [0.5, 0.6) is 5.75 Å². The van der Waals surface area contributed by atoms with Crippen molar-refractivity contribution in [3.8, 4) is 5.75 Å². The molecule has 0 amide bonds. The lowest BCUT2D eigenvalue weighted by molar-refractivity contribution is 0.404. The third-order valence-corrected chi connectivity index (χ3v) is 3.28. The predicted octanol–water partition coefficient (Wildman–Crippen LogP) is 4.05. The van der Waals surface area contributed by atoms with E-state index in [0.29, 0.717) is 0 Å². The highest BCUT2D eigenvalue weighted by Crippen LogP contribution is 2.32. The Labute approximate surface area is 119 Å². The average Bonchev–Trinajstić information content (AvgIpc) is 2.45. The van der Waals surface area contributed by atoms with E-state index in [4.69, 9.17) is 16.3 Å². The molecule has 1 unspecified atom stereocenters. The maximum atomic E-state index is 6.12. The molecule has 1 N–H and O–H groups in total. The molecule has 0 heterocycles. The molecule has 0 spiro atoms. The first kappa shape index (κ1) is 13.9. The molecule has 0 aliphatic carbocycles. The summed E-state index contributed by atoms with van der Waals surface area (Å²) in [5, 5.41) is 4.20. The zero-order valence-electron chi connectivity index (χ0n) is 11.2. The van der Waals surface area contributed by atoms with Crippen molar-refractivity contribution in [1.29, 1.82) is 0 Å². The van der Waals surface area contributed by atoms with Crippen LogP contribution in [0, 0.1) is 0 Å². The molecule has 0 aromatic heterocycles. The molecule has 100 valence electrons. The molecule has 2 aromatic rings. The van der Waals surface area contributed by atoms with Gasteiger partial charge in [-0.1, -0.05) is 48.9 Å². The standard InChI is InChI=1S/C16H18ClNO/c1-3-18-16(12-7-5-4-6-8-12)14-11-13(17)9-10-15(14)19-2/h4-11,16,18H,3H2,1-2H3. The minimum atomic E-state index is 0.0832. The molecule has 0 saturated heterocycles. The van der Waals surface area contributed by atoms with Crippen molar-refractivity contribution in [3.05, 3.63) is 64.7 Å². The summed E-state index contributed by atoms with van der Waals surface area (Å²) in [4.78, 5) is 0. The molecule has 0 radical (unpaired) electrons. The van der Waals surface area contributed by atoms with E-state index in [0.717, 1.165) is 22.9 Å². The molecular weight excluding hydrogens is 258 g/mol. The molecule has 1 atom stereocenters. The molecule has 2 nitrogen and oxygen atoms in total. The summed E-state index contributed by atoms with van der Waals surface area (Å²) in [6, 6.07) is 16.1. The van der Waals surface area contributed by atoms with Crippen LogP contribution in [0.3, 0.4) is 0 Å². The van der Waals surface area contributed by atoms with Crippen LogP contribution in [0.4, 0.5) is 0 Å². The second kappa shape index (κ2) is 6.60. The van der Waals surface area contributed by atoms with Gasteiger partial charge < -0.3 is 10.1 Å². The molecule has 2 rings (SSSR count). The van der Waals surface area contributed by atoms with Crippen molar-refractivity contribution in [3.63, 3.8) is 0 Å². The fourth-order valence-corrected chi connectivity index (χ4v) is 2.37.